The molecule has 0 saturated carbocycles. The predicted molar refractivity (Wildman–Crippen MR) is 57.5 cm³/mol. The van der Waals surface area contributed by atoms with Crippen LogP contribution in [0.2, 0.25) is 0 Å². The van der Waals surface area contributed by atoms with Gasteiger partial charge in [0.25, 0.3) is 5.89 Å². The van der Waals surface area contributed by atoms with Gasteiger partial charge in [0.15, 0.2) is 11.9 Å². The van der Waals surface area contributed by atoms with Gasteiger partial charge in [0.2, 0.25) is 0 Å². The third kappa shape index (κ3) is 2.46. The standard InChI is InChI=1S/C11H16N2O4/c1-3-6(2)9-12-10(17-13-9)7-4-5-8(16-7)11(14)15/h6-8H,3-5H2,1-2H3,(H,14,15). The number of aromatic nitrogens is 2. The highest BCUT2D eigenvalue weighted by molar-refractivity contribution is 5.72. The molecule has 3 unspecified atom stereocenters. The van der Waals surface area contributed by atoms with E-state index in [0.717, 1.165) is 6.42 Å². The van der Waals surface area contributed by atoms with Crippen molar-refractivity contribution in [1.29, 1.82) is 0 Å². The summed E-state index contributed by atoms with van der Waals surface area (Å²) in [7, 11) is 0. The molecule has 0 amide bonds. The second-order valence-corrected chi connectivity index (χ2v) is 4.33. The highest BCUT2D eigenvalue weighted by atomic mass is 16.5. The van der Waals surface area contributed by atoms with Crippen molar-refractivity contribution >= 4 is 5.97 Å². The van der Waals surface area contributed by atoms with Gasteiger partial charge < -0.3 is 14.4 Å². The molecule has 1 aromatic heterocycles. The molecule has 0 bridgehead atoms. The van der Waals surface area contributed by atoms with E-state index in [-0.39, 0.29) is 12.0 Å². The number of carbonyl (C=O) groups is 1. The molecule has 1 saturated heterocycles. The summed E-state index contributed by atoms with van der Waals surface area (Å²) in [6.07, 6.45) is 0.905. The number of nitrogens with zero attached hydrogens (tertiary/aromatic N) is 2. The molecular weight excluding hydrogens is 224 g/mol. The smallest absolute Gasteiger partial charge is 0.332 e. The van der Waals surface area contributed by atoms with Gasteiger partial charge >= 0.3 is 5.97 Å². The zero-order chi connectivity index (χ0) is 12.4. The van der Waals surface area contributed by atoms with Crippen LogP contribution in [-0.2, 0) is 9.53 Å². The zero-order valence-corrected chi connectivity index (χ0v) is 9.92. The van der Waals surface area contributed by atoms with Crippen LogP contribution in [-0.4, -0.2) is 27.3 Å². The van der Waals surface area contributed by atoms with Crippen LogP contribution in [0.25, 0.3) is 0 Å². The first-order chi connectivity index (χ1) is 8.11. The topological polar surface area (TPSA) is 85.5 Å². The van der Waals surface area contributed by atoms with Crippen molar-refractivity contribution in [3.05, 3.63) is 11.7 Å². The Balaban J connectivity index is 2.04. The second kappa shape index (κ2) is 4.83. The van der Waals surface area contributed by atoms with Crippen LogP contribution in [0.1, 0.15) is 56.8 Å². The van der Waals surface area contributed by atoms with E-state index in [0.29, 0.717) is 24.6 Å². The lowest BCUT2D eigenvalue weighted by Gasteiger charge is -2.05. The van der Waals surface area contributed by atoms with Crippen LogP contribution in [0.3, 0.4) is 0 Å². The Kier molecular flexibility index (Phi) is 3.42. The predicted octanol–water partition coefficient (Wildman–Crippen LogP) is 1.89. The first-order valence-corrected chi connectivity index (χ1v) is 5.83. The lowest BCUT2D eigenvalue weighted by atomic mass is 10.1. The summed E-state index contributed by atoms with van der Waals surface area (Å²) >= 11 is 0. The average Bonchev–Trinajstić information content (AvgIpc) is 2.95. The molecule has 94 valence electrons. The number of rotatable bonds is 4. The lowest BCUT2D eigenvalue weighted by Crippen LogP contribution is -2.18. The van der Waals surface area contributed by atoms with Crippen LogP contribution < -0.4 is 0 Å². The molecule has 1 aromatic rings. The average molecular weight is 240 g/mol. The van der Waals surface area contributed by atoms with Crippen molar-refractivity contribution in [2.75, 3.05) is 0 Å². The number of carboxylic acid groups (broad SMARTS) is 1. The molecule has 1 N–H and O–H groups in total. The highest BCUT2D eigenvalue weighted by Crippen LogP contribution is 2.32. The minimum Gasteiger partial charge on any atom is -0.479 e. The van der Waals surface area contributed by atoms with E-state index in [9.17, 15) is 4.79 Å². The summed E-state index contributed by atoms with van der Waals surface area (Å²) in [6, 6.07) is 0. The third-order valence-corrected chi connectivity index (χ3v) is 3.08. The molecule has 6 heteroatoms. The maximum absolute atomic E-state index is 10.7. The van der Waals surface area contributed by atoms with E-state index in [1.165, 1.54) is 0 Å². The number of ether oxygens (including phenoxy) is 1. The summed E-state index contributed by atoms with van der Waals surface area (Å²) < 4.78 is 10.5. The fourth-order valence-corrected chi connectivity index (χ4v) is 1.76. The van der Waals surface area contributed by atoms with E-state index in [1.54, 1.807) is 0 Å². The van der Waals surface area contributed by atoms with Crippen LogP contribution in [0.4, 0.5) is 0 Å². The quantitative estimate of drug-likeness (QED) is 0.864. The van der Waals surface area contributed by atoms with Gasteiger partial charge in [-0.05, 0) is 19.3 Å². The first-order valence-electron chi connectivity index (χ1n) is 5.83. The highest BCUT2D eigenvalue weighted by Gasteiger charge is 2.34. The monoisotopic (exact) mass is 240 g/mol. The van der Waals surface area contributed by atoms with E-state index in [2.05, 4.69) is 10.1 Å². The van der Waals surface area contributed by atoms with Crippen molar-refractivity contribution in [3.8, 4) is 0 Å². The Labute approximate surface area is 99.0 Å². The second-order valence-electron chi connectivity index (χ2n) is 4.33. The van der Waals surface area contributed by atoms with Crippen molar-refractivity contribution in [2.24, 2.45) is 0 Å². The molecular formula is C11H16N2O4. The van der Waals surface area contributed by atoms with Crippen LogP contribution >= 0.6 is 0 Å². The van der Waals surface area contributed by atoms with Crippen molar-refractivity contribution in [1.82, 2.24) is 10.1 Å². The van der Waals surface area contributed by atoms with Gasteiger partial charge in [-0.3, -0.25) is 0 Å². The zero-order valence-electron chi connectivity index (χ0n) is 9.92. The Morgan fingerprint density at radius 2 is 2.35 bits per heavy atom. The third-order valence-electron chi connectivity index (χ3n) is 3.08. The number of carboxylic acids is 1. The fraction of sp³-hybridized carbons (Fsp3) is 0.727. The Morgan fingerprint density at radius 3 is 2.94 bits per heavy atom. The first kappa shape index (κ1) is 12.0. The fourth-order valence-electron chi connectivity index (χ4n) is 1.76. The van der Waals surface area contributed by atoms with E-state index >= 15 is 0 Å². The van der Waals surface area contributed by atoms with Gasteiger partial charge in [0.1, 0.15) is 6.10 Å². The van der Waals surface area contributed by atoms with Gasteiger partial charge in [0, 0.05) is 5.92 Å². The van der Waals surface area contributed by atoms with Crippen LogP contribution in [0.5, 0.6) is 0 Å². The Hall–Kier alpha value is -1.43. The molecule has 0 radical (unpaired) electrons. The summed E-state index contributed by atoms with van der Waals surface area (Å²) in [5.41, 5.74) is 0. The molecule has 1 aliphatic heterocycles. The minimum absolute atomic E-state index is 0.240. The van der Waals surface area contributed by atoms with Crippen LogP contribution in [0.15, 0.2) is 4.52 Å². The van der Waals surface area contributed by atoms with Gasteiger partial charge in [-0.15, -0.1) is 0 Å². The minimum atomic E-state index is -0.936. The SMILES string of the molecule is CCC(C)c1noc(C2CCC(C(=O)O)O2)n1. The molecule has 0 spiro atoms. The maximum Gasteiger partial charge on any atom is 0.332 e. The van der Waals surface area contributed by atoms with Gasteiger partial charge in [-0.1, -0.05) is 19.0 Å². The van der Waals surface area contributed by atoms with Gasteiger partial charge in [-0.25, -0.2) is 4.79 Å². The molecule has 0 aliphatic carbocycles. The summed E-state index contributed by atoms with van der Waals surface area (Å²) in [6.45, 7) is 4.07. The summed E-state index contributed by atoms with van der Waals surface area (Å²) in [5, 5.41) is 12.7. The van der Waals surface area contributed by atoms with E-state index in [1.807, 2.05) is 13.8 Å². The number of hydrogen-bond acceptors (Lipinski definition) is 5. The molecule has 2 heterocycles. The van der Waals surface area contributed by atoms with E-state index < -0.39 is 12.1 Å². The Morgan fingerprint density at radius 1 is 1.59 bits per heavy atom. The number of hydrogen-bond donors (Lipinski definition) is 1. The molecule has 1 fully saturated rings. The molecule has 1 aliphatic rings. The largest absolute Gasteiger partial charge is 0.479 e. The van der Waals surface area contributed by atoms with Crippen LogP contribution in [0, 0.1) is 0 Å². The van der Waals surface area contributed by atoms with E-state index in [4.69, 9.17) is 14.4 Å². The van der Waals surface area contributed by atoms with Crippen molar-refractivity contribution < 1.29 is 19.2 Å². The lowest BCUT2D eigenvalue weighted by molar-refractivity contribution is -0.150. The molecule has 6 nitrogen and oxygen atoms in total. The molecule has 3 atom stereocenters. The van der Waals surface area contributed by atoms with Gasteiger partial charge in [0.05, 0.1) is 0 Å². The molecule has 0 aromatic carbocycles. The number of aliphatic carboxylic acids is 1. The van der Waals surface area contributed by atoms with Gasteiger partial charge in [-0.2, -0.15) is 4.98 Å². The van der Waals surface area contributed by atoms with Crippen molar-refractivity contribution in [3.63, 3.8) is 0 Å². The maximum atomic E-state index is 10.7. The summed E-state index contributed by atoms with van der Waals surface area (Å²) in [5.74, 6) is 0.354. The molecule has 17 heavy (non-hydrogen) atoms. The summed E-state index contributed by atoms with van der Waals surface area (Å²) in [4.78, 5) is 15.0. The normalized spacial score (nSPS) is 26.0. The Bertz CT molecular complexity index is 404. The van der Waals surface area contributed by atoms with Crippen molar-refractivity contribution in [2.45, 2.75) is 51.2 Å². The molecule has 2 rings (SSSR count).